The largest absolute Gasteiger partial charge is 0.387 e. The predicted octanol–water partition coefficient (Wildman–Crippen LogP) is 0.696. The highest BCUT2D eigenvalue weighted by Gasteiger charge is 2.08. The van der Waals surface area contributed by atoms with Crippen molar-refractivity contribution in [3.63, 3.8) is 0 Å². The first-order valence-electron chi connectivity index (χ1n) is 6.60. The van der Waals surface area contributed by atoms with Crippen molar-refractivity contribution >= 4 is 5.65 Å². The van der Waals surface area contributed by atoms with Crippen molar-refractivity contribution in [1.29, 1.82) is 0 Å². The van der Waals surface area contributed by atoms with Gasteiger partial charge in [0.2, 0.25) is 0 Å². The van der Waals surface area contributed by atoms with Gasteiger partial charge in [0.25, 0.3) is 5.56 Å². The van der Waals surface area contributed by atoms with Crippen molar-refractivity contribution in [2.45, 2.75) is 26.5 Å². The highest BCUT2D eigenvalue weighted by molar-refractivity contribution is 5.39. The van der Waals surface area contributed by atoms with Crippen molar-refractivity contribution in [2.75, 3.05) is 0 Å². The molecule has 1 atom stereocenters. The molecule has 3 heterocycles. The maximum absolute atomic E-state index is 12.1. The number of aliphatic hydroxyl groups excluding tert-OH is 1. The lowest BCUT2D eigenvalue weighted by Crippen LogP contribution is -2.17. The molecule has 0 saturated carbocycles. The first kappa shape index (κ1) is 13.4. The summed E-state index contributed by atoms with van der Waals surface area (Å²) in [6, 6.07) is 5.20. The zero-order chi connectivity index (χ0) is 15.0. The summed E-state index contributed by atoms with van der Waals surface area (Å²) in [4.78, 5) is 16.5. The number of aryl methyl sites for hydroxylation is 1. The Labute approximate surface area is 120 Å². The normalized spacial score (nSPS) is 12.7. The third-order valence-corrected chi connectivity index (χ3v) is 3.17. The zero-order valence-corrected chi connectivity index (χ0v) is 11.8. The quantitative estimate of drug-likeness (QED) is 0.765. The minimum atomic E-state index is -0.670. The minimum Gasteiger partial charge on any atom is -0.387 e. The topological polar surface area (TPSA) is 85.3 Å². The van der Waals surface area contributed by atoms with Crippen molar-refractivity contribution in [3.8, 4) is 0 Å². The fourth-order valence-corrected chi connectivity index (χ4v) is 2.09. The molecule has 0 spiro atoms. The number of fused-ring (bicyclic) bond motifs is 1. The molecule has 0 aromatic carbocycles. The second-order valence-electron chi connectivity index (χ2n) is 5.04. The number of pyridine rings is 1. The van der Waals surface area contributed by atoms with E-state index in [4.69, 9.17) is 0 Å². The third kappa shape index (κ3) is 2.68. The first-order chi connectivity index (χ1) is 10.0. The molecule has 3 aromatic heterocycles. The van der Waals surface area contributed by atoms with Gasteiger partial charge >= 0.3 is 0 Å². The van der Waals surface area contributed by atoms with Gasteiger partial charge in [-0.25, -0.2) is 9.67 Å². The second kappa shape index (κ2) is 5.10. The standard InChI is InChI=1S/C14H15N5O2/c1-9-3-4-13-15-11(5-14(21)19(13)6-9)7-18-8-12(10(2)20)16-17-18/h3-6,8,10,20H,7H2,1-2H3. The Hall–Kier alpha value is -2.54. The van der Waals surface area contributed by atoms with E-state index in [-0.39, 0.29) is 5.56 Å². The summed E-state index contributed by atoms with van der Waals surface area (Å²) < 4.78 is 3.07. The lowest BCUT2D eigenvalue weighted by Gasteiger charge is -2.04. The maximum atomic E-state index is 12.1. The summed E-state index contributed by atoms with van der Waals surface area (Å²) in [5.74, 6) is 0. The summed E-state index contributed by atoms with van der Waals surface area (Å²) in [7, 11) is 0. The number of aliphatic hydroxyl groups is 1. The van der Waals surface area contributed by atoms with Crippen LogP contribution in [0, 0.1) is 6.92 Å². The van der Waals surface area contributed by atoms with E-state index < -0.39 is 6.10 Å². The summed E-state index contributed by atoms with van der Waals surface area (Å²) >= 11 is 0. The van der Waals surface area contributed by atoms with E-state index >= 15 is 0 Å². The molecule has 0 aliphatic heterocycles. The van der Waals surface area contributed by atoms with Crippen LogP contribution in [-0.4, -0.2) is 29.5 Å². The van der Waals surface area contributed by atoms with Crippen molar-refractivity contribution in [1.82, 2.24) is 24.4 Å². The third-order valence-electron chi connectivity index (χ3n) is 3.17. The average molecular weight is 285 g/mol. The highest BCUT2D eigenvalue weighted by atomic mass is 16.3. The van der Waals surface area contributed by atoms with Gasteiger partial charge in [-0.15, -0.1) is 5.10 Å². The number of aromatic nitrogens is 5. The Morgan fingerprint density at radius 2 is 2.14 bits per heavy atom. The minimum absolute atomic E-state index is 0.130. The molecule has 108 valence electrons. The van der Waals surface area contributed by atoms with E-state index in [2.05, 4.69) is 15.3 Å². The van der Waals surface area contributed by atoms with Gasteiger partial charge in [-0.3, -0.25) is 9.20 Å². The van der Waals surface area contributed by atoms with Crippen LogP contribution in [0.4, 0.5) is 0 Å². The van der Waals surface area contributed by atoms with Gasteiger partial charge in [0, 0.05) is 12.3 Å². The number of hydrogen-bond acceptors (Lipinski definition) is 5. The van der Waals surface area contributed by atoms with Gasteiger partial charge in [-0.2, -0.15) is 0 Å². The lowest BCUT2D eigenvalue weighted by atomic mass is 10.3. The SMILES string of the molecule is Cc1ccc2nc(Cn3cc(C(C)O)nn3)cc(=O)n2c1. The van der Waals surface area contributed by atoms with Crippen molar-refractivity contribution in [3.05, 3.63) is 57.9 Å². The molecule has 0 saturated heterocycles. The van der Waals surface area contributed by atoms with Gasteiger partial charge in [0.15, 0.2) is 0 Å². The fourth-order valence-electron chi connectivity index (χ4n) is 2.09. The maximum Gasteiger partial charge on any atom is 0.258 e. The monoisotopic (exact) mass is 285 g/mol. The van der Waals surface area contributed by atoms with E-state index in [1.165, 1.54) is 10.5 Å². The predicted molar refractivity (Wildman–Crippen MR) is 76.0 cm³/mol. The molecule has 3 rings (SSSR count). The van der Waals surface area contributed by atoms with Gasteiger partial charge in [-0.05, 0) is 25.5 Å². The van der Waals surface area contributed by atoms with Crippen molar-refractivity contribution in [2.24, 2.45) is 0 Å². The molecule has 1 unspecified atom stereocenters. The number of nitrogens with zero attached hydrogens (tertiary/aromatic N) is 5. The molecule has 0 aliphatic carbocycles. The molecule has 7 heteroatoms. The molecule has 0 bridgehead atoms. The Balaban J connectivity index is 1.97. The van der Waals surface area contributed by atoms with E-state index in [0.717, 1.165) is 5.56 Å². The van der Waals surface area contributed by atoms with Gasteiger partial charge < -0.3 is 5.11 Å². The van der Waals surface area contributed by atoms with Gasteiger partial charge in [0.05, 0.1) is 24.5 Å². The molecule has 21 heavy (non-hydrogen) atoms. The van der Waals surface area contributed by atoms with E-state index in [0.29, 0.717) is 23.6 Å². The smallest absolute Gasteiger partial charge is 0.258 e. The van der Waals surface area contributed by atoms with Crippen molar-refractivity contribution < 1.29 is 5.11 Å². The molecule has 0 radical (unpaired) electrons. The second-order valence-corrected chi connectivity index (χ2v) is 5.04. The highest BCUT2D eigenvalue weighted by Crippen LogP contribution is 2.08. The number of hydrogen-bond donors (Lipinski definition) is 1. The van der Waals surface area contributed by atoms with E-state index in [9.17, 15) is 9.90 Å². The molecule has 3 aromatic rings. The molecule has 1 N–H and O–H groups in total. The molecule has 7 nitrogen and oxygen atoms in total. The fraction of sp³-hybridized carbons (Fsp3) is 0.286. The summed E-state index contributed by atoms with van der Waals surface area (Å²) in [6.07, 6.45) is 2.73. The first-order valence-corrected chi connectivity index (χ1v) is 6.60. The average Bonchev–Trinajstić information content (AvgIpc) is 2.88. The molecule has 0 fully saturated rings. The van der Waals surface area contributed by atoms with Crippen LogP contribution in [0.2, 0.25) is 0 Å². The van der Waals surface area contributed by atoms with Crippen LogP contribution >= 0.6 is 0 Å². The molecule has 0 amide bonds. The van der Waals surface area contributed by atoms with Crippen LogP contribution < -0.4 is 5.56 Å². The molecule has 0 aliphatic rings. The summed E-state index contributed by atoms with van der Waals surface area (Å²) in [5, 5.41) is 17.2. The van der Waals surface area contributed by atoms with Gasteiger partial charge in [-0.1, -0.05) is 11.3 Å². The van der Waals surface area contributed by atoms with Crippen LogP contribution in [0.1, 0.15) is 30.0 Å². The number of rotatable bonds is 3. The van der Waals surface area contributed by atoms with E-state index in [1.807, 2.05) is 19.1 Å². The Kier molecular flexibility index (Phi) is 3.26. The van der Waals surface area contributed by atoms with Crippen LogP contribution in [0.15, 0.2) is 35.4 Å². The van der Waals surface area contributed by atoms with Gasteiger partial charge in [0.1, 0.15) is 11.3 Å². The zero-order valence-electron chi connectivity index (χ0n) is 11.8. The Morgan fingerprint density at radius 3 is 2.86 bits per heavy atom. The Morgan fingerprint density at radius 1 is 1.33 bits per heavy atom. The molecular formula is C14H15N5O2. The van der Waals surface area contributed by atoms with Crippen LogP contribution in [0.25, 0.3) is 5.65 Å². The Bertz CT molecular complexity index is 850. The summed E-state index contributed by atoms with van der Waals surface area (Å²) in [6.45, 7) is 3.88. The van der Waals surface area contributed by atoms with Crippen LogP contribution in [-0.2, 0) is 6.54 Å². The lowest BCUT2D eigenvalue weighted by molar-refractivity contribution is 0.194. The van der Waals surface area contributed by atoms with E-state index in [1.54, 1.807) is 24.0 Å². The molecular weight excluding hydrogens is 270 g/mol. The van der Waals surface area contributed by atoms with Crippen LogP contribution in [0.5, 0.6) is 0 Å². The van der Waals surface area contributed by atoms with Crippen LogP contribution in [0.3, 0.4) is 0 Å². The summed E-state index contributed by atoms with van der Waals surface area (Å²) in [5.41, 5.74) is 2.56.